The molecule has 3 aromatic rings. The number of halogens is 2. The number of H-pyrrole nitrogens is 1. The van der Waals surface area contributed by atoms with E-state index < -0.39 is 0 Å². The van der Waals surface area contributed by atoms with Crippen molar-refractivity contribution in [3.05, 3.63) is 68.0 Å². The highest BCUT2D eigenvalue weighted by molar-refractivity contribution is 14.1. The summed E-state index contributed by atoms with van der Waals surface area (Å²) in [6, 6.07) is 11.7. The average molecular weight is 395 g/mol. The van der Waals surface area contributed by atoms with Crippen molar-refractivity contribution in [2.24, 2.45) is 0 Å². The van der Waals surface area contributed by atoms with Crippen LogP contribution in [0, 0.1) is 9.39 Å². The lowest BCUT2D eigenvalue weighted by atomic mass is 10.2. The summed E-state index contributed by atoms with van der Waals surface area (Å²) in [5.41, 5.74) is 1.30. The predicted octanol–water partition coefficient (Wildman–Crippen LogP) is 3.28. The van der Waals surface area contributed by atoms with Crippen LogP contribution in [0.1, 0.15) is 5.82 Å². The first-order valence-electron chi connectivity index (χ1n) is 6.30. The predicted molar refractivity (Wildman–Crippen MR) is 88.8 cm³/mol. The average Bonchev–Trinajstić information content (AvgIpc) is 2.46. The summed E-state index contributed by atoms with van der Waals surface area (Å²) in [5.74, 6) is 0.265. The van der Waals surface area contributed by atoms with Crippen LogP contribution in [-0.4, -0.2) is 9.97 Å². The molecule has 0 atom stereocenters. The fourth-order valence-electron chi connectivity index (χ4n) is 2.03. The van der Waals surface area contributed by atoms with Crippen LogP contribution in [-0.2, 0) is 6.54 Å². The van der Waals surface area contributed by atoms with Gasteiger partial charge in [-0.15, -0.1) is 0 Å². The number of anilines is 1. The lowest BCUT2D eigenvalue weighted by Gasteiger charge is -2.08. The summed E-state index contributed by atoms with van der Waals surface area (Å²) in [7, 11) is 0. The minimum Gasteiger partial charge on any atom is -0.377 e. The Bertz CT molecular complexity index is 863. The molecular weight excluding hydrogens is 384 g/mol. The summed E-state index contributed by atoms with van der Waals surface area (Å²) in [6.07, 6.45) is 0. The summed E-state index contributed by atoms with van der Waals surface area (Å²) >= 11 is 2.05. The maximum Gasteiger partial charge on any atom is 0.258 e. The van der Waals surface area contributed by atoms with E-state index in [0.29, 0.717) is 23.3 Å². The second kappa shape index (κ2) is 5.80. The summed E-state index contributed by atoms with van der Waals surface area (Å²) in [4.78, 5) is 19.1. The quantitative estimate of drug-likeness (QED) is 0.670. The molecule has 0 saturated carbocycles. The Morgan fingerprint density at radius 2 is 2.05 bits per heavy atom. The number of nitrogens with one attached hydrogen (secondary N) is 2. The number of nitrogens with zero attached hydrogens (tertiary/aromatic N) is 1. The Hall–Kier alpha value is -1.96. The minimum atomic E-state index is -0.276. The van der Waals surface area contributed by atoms with Crippen LogP contribution in [0.5, 0.6) is 0 Å². The second-order valence-corrected chi connectivity index (χ2v) is 5.67. The van der Waals surface area contributed by atoms with Crippen molar-refractivity contribution in [2.75, 3.05) is 5.32 Å². The molecule has 21 heavy (non-hydrogen) atoms. The van der Waals surface area contributed by atoms with Crippen LogP contribution in [0.4, 0.5) is 10.1 Å². The third-order valence-electron chi connectivity index (χ3n) is 3.04. The highest BCUT2D eigenvalue weighted by atomic mass is 127. The molecule has 4 nitrogen and oxygen atoms in total. The minimum absolute atomic E-state index is 0.161. The molecule has 2 N–H and O–H groups in total. The fourth-order valence-corrected chi connectivity index (χ4v) is 2.70. The van der Waals surface area contributed by atoms with Gasteiger partial charge in [0.1, 0.15) is 11.6 Å². The first-order valence-corrected chi connectivity index (χ1v) is 7.38. The third kappa shape index (κ3) is 3.05. The van der Waals surface area contributed by atoms with E-state index >= 15 is 0 Å². The maximum absolute atomic E-state index is 13.0. The zero-order chi connectivity index (χ0) is 14.8. The number of fused-ring (bicyclic) bond motifs is 1. The maximum atomic E-state index is 13.0. The summed E-state index contributed by atoms with van der Waals surface area (Å²) < 4.78 is 13.8. The van der Waals surface area contributed by atoms with E-state index in [1.807, 2.05) is 6.07 Å². The van der Waals surface area contributed by atoms with Gasteiger partial charge in [-0.1, -0.05) is 12.1 Å². The second-order valence-electron chi connectivity index (χ2n) is 4.51. The largest absolute Gasteiger partial charge is 0.377 e. The van der Waals surface area contributed by atoms with E-state index in [1.54, 1.807) is 24.3 Å². The molecule has 0 amide bonds. The zero-order valence-corrected chi connectivity index (χ0v) is 13.0. The van der Waals surface area contributed by atoms with Gasteiger partial charge in [0, 0.05) is 9.26 Å². The molecule has 6 heteroatoms. The number of aromatic amines is 1. The molecule has 1 heterocycles. The molecule has 0 aliphatic heterocycles. The van der Waals surface area contributed by atoms with Crippen molar-refractivity contribution in [3.63, 3.8) is 0 Å². The topological polar surface area (TPSA) is 57.8 Å². The van der Waals surface area contributed by atoms with Crippen molar-refractivity contribution < 1.29 is 4.39 Å². The van der Waals surface area contributed by atoms with Gasteiger partial charge in [0.15, 0.2) is 0 Å². The Labute approximate surface area is 133 Å². The fraction of sp³-hybridized carbons (Fsp3) is 0.0667. The van der Waals surface area contributed by atoms with Gasteiger partial charge in [-0.2, -0.15) is 0 Å². The molecule has 106 valence electrons. The van der Waals surface area contributed by atoms with Crippen molar-refractivity contribution in [2.45, 2.75) is 6.54 Å². The van der Waals surface area contributed by atoms with Crippen LogP contribution >= 0.6 is 22.6 Å². The molecule has 1 aromatic heterocycles. The van der Waals surface area contributed by atoms with Crippen molar-refractivity contribution in [1.82, 2.24) is 9.97 Å². The van der Waals surface area contributed by atoms with Crippen LogP contribution in [0.15, 0.2) is 47.3 Å². The first-order chi connectivity index (χ1) is 10.1. The normalized spacial score (nSPS) is 10.8. The molecule has 0 aliphatic rings. The Morgan fingerprint density at radius 3 is 2.86 bits per heavy atom. The molecule has 3 rings (SSSR count). The van der Waals surface area contributed by atoms with Crippen LogP contribution in [0.25, 0.3) is 10.9 Å². The van der Waals surface area contributed by atoms with Gasteiger partial charge in [0.05, 0.1) is 17.4 Å². The smallest absolute Gasteiger partial charge is 0.258 e. The van der Waals surface area contributed by atoms with Gasteiger partial charge in [-0.05, 0) is 52.9 Å². The lowest BCUT2D eigenvalue weighted by Crippen LogP contribution is -2.14. The molecule has 0 spiro atoms. The first kappa shape index (κ1) is 14.0. The van der Waals surface area contributed by atoms with Gasteiger partial charge in [-0.25, -0.2) is 9.37 Å². The number of para-hydroxylation sites is 1. The number of benzene rings is 2. The zero-order valence-electron chi connectivity index (χ0n) is 10.9. The van der Waals surface area contributed by atoms with Gasteiger partial charge in [0.25, 0.3) is 5.56 Å². The summed E-state index contributed by atoms with van der Waals surface area (Å²) in [5, 5.41) is 3.71. The van der Waals surface area contributed by atoms with Gasteiger partial charge < -0.3 is 10.3 Å². The highest BCUT2D eigenvalue weighted by Gasteiger charge is 2.05. The van der Waals surface area contributed by atoms with Crippen molar-refractivity contribution in [1.29, 1.82) is 0 Å². The van der Waals surface area contributed by atoms with E-state index in [4.69, 9.17) is 0 Å². The van der Waals surface area contributed by atoms with Gasteiger partial charge in [0.2, 0.25) is 0 Å². The molecule has 2 aromatic carbocycles. The molecule has 0 fully saturated rings. The van der Waals surface area contributed by atoms with Crippen LogP contribution < -0.4 is 10.9 Å². The third-order valence-corrected chi connectivity index (χ3v) is 3.93. The Morgan fingerprint density at radius 1 is 1.24 bits per heavy atom. The number of rotatable bonds is 3. The van der Waals surface area contributed by atoms with Gasteiger partial charge >= 0.3 is 0 Å². The van der Waals surface area contributed by atoms with E-state index in [-0.39, 0.29) is 11.4 Å². The van der Waals surface area contributed by atoms with Crippen molar-refractivity contribution in [3.8, 4) is 0 Å². The standard InChI is InChI=1S/C15H11FIN3O/c16-9-5-6-13(11(17)7-9)18-8-14-19-12-4-2-1-3-10(12)15(21)20-14/h1-7,18H,8H2,(H,19,20,21). The Balaban J connectivity index is 1.87. The Kier molecular flexibility index (Phi) is 3.87. The number of hydrogen-bond donors (Lipinski definition) is 2. The molecular formula is C15H11FIN3O. The monoisotopic (exact) mass is 395 g/mol. The molecule has 0 bridgehead atoms. The molecule has 0 unspecified atom stereocenters. The van der Waals surface area contributed by atoms with Gasteiger partial charge in [-0.3, -0.25) is 4.79 Å². The number of hydrogen-bond acceptors (Lipinski definition) is 3. The van der Waals surface area contributed by atoms with E-state index in [0.717, 1.165) is 9.26 Å². The molecule has 0 radical (unpaired) electrons. The van der Waals surface area contributed by atoms with E-state index in [2.05, 4.69) is 37.9 Å². The van der Waals surface area contributed by atoms with Crippen LogP contribution in [0.3, 0.4) is 0 Å². The van der Waals surface area contributed by atoms with Crippen molar-refractivity contribution >= 4 is 39.2 Å². The molecule has 0 saturated heterocycles. The van der Waals surface area contributed by atoms with E-state index in [1.165, 1.54) is 12.1 Å². The molecule has 0 aliphatic carbocycles. The highest BCUT2D eigenvalue weighted by Crippen LogP contribution is 2.19. The SMILES string of the molecule is O=c1[nH]c(CNc2ccc(F)cc2I)nc2ccccc12. The van der Waals surface area contributed by atoms with E-state index in [9.17, 15) is 9.18 Å². The lowest BCUT2D eigenvalue weighted by molar-refractivity contribution is 0.627. The summed E-state index contributed by atoms with van der Waals surface area (Å²) in [6.45, 7) is 0.363. The number of aromatic nitrogens is 2. The van der Waals surface area contributed by atoms with Crippen LogP contribution in [0.2, 0.25) is 0 Å².